The van der Waals surface area contributed by atoms with E-state index >= 15 is 0 Å². The second-order valence-corrected chi connectivity index (χ2v) is 12.6. The molecular formula is C27H24ClN7O2S2. The predicted octanol–water partition coefficient (Wildman–Crippen LogP) is 5.26. The van der Waals surface area contributed by atoms with Crippen molar-refractivity contribution < 1.29 is 9.59 Å². The summed E-state index contributed by atoms with van der Waals surface area (Å²) in [5, 5.41) is 22.6. The normalized spacial score (nSPS) is 18.6. The summed E-state index contributed by atoms with van der Waals surface area (Å²) in [5.74, 6) is -0.500. The molecule has 1 unspecified atom stereocenters. The molecule has 3 N–H and O–H groups in total. The van der Waals surface area contributed by atoms with Crippen LogP contribution in [0.25, 0.3) is 0 Å². The molecule has 0 saturated carbocycles. The zero-order valence-corrected chi connectivity index (χ0v) is 23.5. The minimum absolute atomic E-state index is 0.0293. The Bertz CT molecular complexity index is 1540. The SMILES string of the molecule is CC1(C)CC(=O)C2=C(C1)N(c1nnc(SCC(=O)Nc3ccc(Cl)cc3)s1)C(N)=C(C#N)C2c1cccnc1. The average molecular weight is 578 g/mol. The number of carbonyl (C=O) groups is 2. The standard InChI is InChI=1S/C27H24ClN7O2S2/c1-27(2)10-19-23(20(36)11-27)22(15-4-3-9-31-13-15)18(12-29)24(30)35(19)25-33-34-26(39-25)38-14-21(37)32-17-7-5-16(28)6-8-17/h3-9,13,22H,10-11,14,30H2,1-2H3,(H,32,37). The number of Topliss-reactive ketones (excluding diaryl/α,β-unsaturated/α-hetero) is 1. The lowest BCUT2D eigenvalue weighted by Crippen LogP contribution is -2.42. The Morgan fingerprint density at radius 1 is 1.28 bits per heavy atom. The fraction of sp³-hybridized carbons (Fsp3) is 0.259. The van der Waals surface area contributed by atoms with Crippen LogP contribution in [0.1, 0.15) is 38.2 Å². The van der Waals surface area contributed by atoms with Crippen molar-refractivity contribution in [1.82, 2.24) is 15.2 Å². The van der Waals surface area contributed by atoms with Gasteiger partial charge in [-0.15, -0.1) is 10.2 Å². The number of thioether (sulfide) groups is 1. The lowest BCUT2D eigenvalue weighted by atomic mass is 9.69. The molecular weight excluding hydrogens is 554 g/mol. The molecule has 1 atom stereocenters. The molecule has 3 aromatic rings. The van der Waals surface area contributed by atoms with Gasteiger partial charge in [0.15, 0.2) is 10.1 Å². The highest BCUT2D eigenvalue weighted by molar-refractivity contribution is 8.01. The van der Waals surface area contributed by atoms with Gasteiger partial charge in [0.1, 0.15) is 5.82 Å². The van der Waals surface area contributed by atoms with Crippen molar-refractivity contribution in [3.05, 3.63) is 82.0 Å². The summed E-state index contributed by atoms with van der Waals surface area (Å²) in [6.07, 6.45) is 4.23. The van der Waals surface area contributed by atoms with Crippen LogP contribution in [-0.2, 0) is 9.59 Å². The number of ketones is 1. The smallest absolute Gasteiger partial charge is 0.234 e. The quantitative estimate of drug-likeness (QED) is 0.376. The number of nitrogens with zero attached hydrogens (tertiary/aromatic N) is 5. The van der Waals surface area contributed by atoms with Crippen molar-refractivity contribution in [1.29, 1.82) is 5.26 Å². The van der Waals surface area contributed by atoms with Crippen LogP contribution in [-0.4, -0.2) is 32.6 Å². The van der Waals surface area contributed by atoms with Crippen molar-refractivity contribution in [2.45, 2.75) is 36.9 Å². The molecule has 1 amide bonds. The van der Waals surface area contributed by atoms with Crippen molar-refractivity contribution in [3.8, 4) is 6.07 Å². The Morgan fingerprint density at radius 2 is 2.05 bits per heavy atom. The van der Waals surface area contributed by atoms with Crippen molar-refractivity contribution in [2.75, 3.05) is 16.0 Å². The molecule has 0 radical (unpaired) electrons. The van der Waals surface area contributed by atoms with Gasteiger partial charge in [0, 0.05) is 40.8 Å². The van der Waals surface area contributed by atoms with Crippen LogP contribution < -0.4 is 16.0 Å². The van der Waals surface area contributed by atoms with Crippen LogP contribution in [0.2, 0.25) is 5.02 Å². The third-order valence-corrected chi connectivity index (χ3v) is 8.73. The summed E-state index contributed by atoms with van der Waals surface area (Å²) >= 11 is 8.39. The first-order valence-corrected chi connectivity index (χ1v) is 14.2. The Labute approximate surface area is 238 Å². The van der Waals surface area contributed by atoms with Crippen molar-refractivity contribution >= 4 is 57.2 Å². The molecule has 0 saturated heterocycles. The molecule has 3 heterocycles. The number of nitrogens with one attached hydrogen (secondary N) is 1. The molecule has 5 rings (SSSR count). The molecule has 198 valence electrons. The number of benzene rings is 1. The van der Waals surface area contributed by atoms with Crippen LogP contribution >= 0.6 is 34.7 Å². The van der Waals surface area contributed by atoms with E-state index in [9.17, 15) is 14.9 Å². The number of anilines is 2. The number of pyridine rings is 1. The number of halogens is 1. The Balaban J connectivity index is 1.45. The van der Waals surface area contributed by atoms with Gasteiger partial charge in [0.05, 0.1) is 23.3 Å². The number of hydrogen-bond donors (Lipinski definition) is 2. The van der Waals surface area contributed by atoms with Crippen LogP contribution in [0.5, 0.6) is 0 Å². The van der Waals surface area contributed by atoms with Gasteiger partial charge in [0.2, 0.25) is 11.0 Å². The minimum Gasteiger partial charge on any atom is -0.384 e. The topological polar surface area (TPSA) is 138 Å². The summed E-state index contributed by atoms with van der Waals surface area (Å²) in [6.45, 7) is 4.07. The summed E-state index contributed by atoms with van der Waals surface area (Å²) in [6, 6.07) is 12.7. The second kappa shape index (κ2) is 10.8. The van der Waals surface area contributed by atoms with E-state index in [4.69, 9.17) is 17.3 Å². The zero-order valence-electron chi connectivity index (χ0n) is 21.1. The Hall–Kier alpha value is -3.72. The third-order valence-electron chi connectivity index (χ3n) is 6.44. The van der Waals surface area contributed by atoms with Gasteiger partial charge in [-0.25, -0.2) is 0 Å². The number of hydrogen-bond acceptors (Lipinski definition) is 10. The van der Waals surface area contributed by atoms with E-state index in [-0.39, 0.29) is 34.3 Å². The molecule has 1 aliphatic heterocycles. The zero-order chi connectivity index (χ0) is 27.7. The van der Waals surface area contributed by atoms with E-state index in [1.54, 1.807) is 47.6 Å². The largest absolute Gasteiger partial charge is 0.384 e. The van der Waals surface area contributed by atoms with Gasteiger partial charge in [-0.2, -0.15) is 5.26 Å². The van der Waals surface area contributed by atoms with Crippen molar-refractivity contribution in [2.24, 2.45) is 11.1 Å². The predicted molar refractivity (Wildman–Crippen MR) is 152 cm³/mol. The van der Waals surface area contributed by atoms with Crippen molar-refractivity contribution in [3.63, 3.8) is 0 Å². The number of allylic oxidation sites excluding steroid dienone is 3. The molecule has 12 heteroatoms. The van der Waals surface area contributed by atoms with Gasteiger partial charge in [-0.1, -0.05) is 54.6 Å². The summed E-state index contributed by atoms with van der Waals surface area (Å²) in [4.78, 5) is 31.9. The first kappa shape index (κ1) is 26.9. The molecule has 39 heavy (non-hydrogen) atoms. The molecule has 9 nitrogen and oxygen atoms in total. The first-order chi connectivity index (χ1) is 18.7. The van der Waals surface area contributed by atoms with Gasteiger partial charge in [-0.05, 0) is 47.7 Å². The first-order valence-electron chi connectivity index (χ1n) is 12.0. The average Bonchev–Trinajstić information content (AvgIpc) is 3.36. The van der Waals surface area contributed by atoms with E-state index in [0.29, 0.717) is 38.6 Å². The van der Waals surface area contributed by atoms with E-state index in [1.807, 2.05) is 19.9 Å². The molecule has 2 aliphatic rings. The fourth-order valence-corrected chi connectivity index (χ4v) is 6.62. The number of nitrogens with two attached hydrogens (primary N) is 1. The Kier molecular flexibility index (Phi) is 7.44. The monoisotopic (exact) mass is 577 g/mol. The van der Waals surface area contributed by atoms with E-state index in [2.05, 4.69) is 26.6 Å². The van der Waals surface area contributed by atoms with Crippen LogP contribution in [0.3, 0.4) is 0 Å². The number of amides is 1. The summed E-state index contributed by atoms with van der Waals surface area (Å²) < 4.78 is 0.556. The van der Waals surface area contributed by atoms with Gasteiger partial charge >= 0.3 is 0 Å². The third kappa shape index (κ3) is 5.54. The lowest BCUT2D eigenvalue weighted by Gasteiger charge is -2.42. The highest BCUT2D eigenvalue weighted by Crippen LogP contribution is 2.50. The van der Waals surface area contributed by atoms with Gasteiger partial charge in [0.25, 0.3) is 0 Å². The van der Waals surface area contributed by atoms with E-state index < -0.39 is 5.92 Å². The number of aromatic nitrogens is 3. The maximum atomic E-state index is 13.6. The lowest BCUT2D eigenvalue weighted by molar-refractivity contribution is -0.118. The van der Waals surface area contributed by atoms with Crippen LogP contribution in [0, 0.1) is 16.7 Å². The van der Waals surface area contributed by atoms with Gasteiger partial charge < -0.3 is 11.1 Å². The number of rotatable bonds is 6. The maximum absolute atomic E-state index is 13.6. The van der Waals surface area contributed by atoms with Gasteiger partial charge in [-0.3, -0.25) is 19.5 Å². The summed E-state index contributed by atoms with van der Waals surface area (Å²) in [7, 11) is 0. The fourth-order valence-electron chi connectivity index (χ4n) is 4.82. The van der Waals surface area contributed by atoms with Crippen LogP contribution in [0.15, 0.2) is 75.8 Å². The van der Waals surface area contributed by atoms with E-state index in [1.165, 1.54) is 23.1 Å². The highest BCUT2D eigenvalue weighted by atomic mass is 35.5. The summed E-state index contributed by atoms with van der Waals surface area (Å²) in [5.41, 5.74) is 9.23. The highest BCUT2D eigenvalue weighted by Gasteiger charge is 2.45. The molecule has 1 aliphatic carbocycles. The second-order valence-electron chi connectivity index (χ2n) is 9.96. The number of nitriles is 1. The van der Waals surface area contributed by atoms with Crippen LogP contribution in [0.4, 0.5) is 10.8 Å². The molecule has 2 aromatic heterocycles. The maximum Gasteiger partial charge on any atom is 0.234 e. The minimum atomic E-state index is -0.600. The Morgan fingerprint density at radius 3 is 2.74 bits per heavy atom. The molecule has 0 bridgehead atoms. The number of carbonyl (C=O) groups excluding carboxylic acids is 2. The van der Waals surface area contributed by atoms with E-state index in [0.717, 1.165) is 11.3 Å². The molecule has 0 fully saturated rings. The molecule has 0 spiro atoms. The molecule has 1 aromatic carbocycles.